The molecule has 0 saturated carbocycles. The van der Waals surface area contributed by atoms with Crippen LogP contribution in [0.2, 0.25) is 0 Å². The number of ether oxygens (including phenoxy) is 1. The highest BCUT2D eigenvalue weighted by Crippen LogP contribution is 2.21. The Labute approximate surface area is 112 Å². The SMILES string of the molecule is CN(CC1CCCCO1)c1ccc(C(=N)N)cc1F. The molecule has 1 aromatic carbocycles. The van der Waals surface area contributed by atoms with E-state index in [9.17, 15) is 4.39 Å². The average molecular weight is 265 g/mol. The van der Waals surface area contributed by atoms with Gasteiger partial charge in [0.15, 0.2) is 0 Å². The van der Waals surface area contributed by atoms with Gasteiger partial charge in [-0.2, -0.15) is 0 Å². The molecule has 1 fully saturated rings. The molecule has 104 valence electrons. The van der Waals surface area contributed by atoms with Crippen LogP contribution in [0.5, 0.6) is 0 Å². The van der Waals surface area contributed by atoms with Crippen molar-refractivity contribution in [3.8, 4) is 0 Å². The van der Waals surface area contributed by atoms with Crippen LogP contribution in [0.1, 0.15) is 24.8 Å². The maximum atomic E-state index is 14.0. The van der Waals surface area contributed by atoms with Crippen LogP contribution in [0, 0.1) is 11.2 Å². The Morgan fingerprint density at radius 3 is 2.89 bits per heavy atom. The van der Waals surface area contributed by atoms with Gasteiger partial charge in [0.05, 0.1) is 11.8 Å². The number of benzene rings is 1. The number of likely N-dealkylation sites (N-methyl/N-ethyl adjacent to an activating group) is 1. The monoisotopic (exact) mass is 265 g/mol. The molecular weight excluding hydrogens is 245 g/mol. The molecule has 3 N–H and O–H groups in total. The first-order valence-electron chi connectivity index (χ1n) is 6.54. The van der Waals surface area contributed by atoms with Crippen LogP contribution in [0.25, 0.3) is 0 Å². The standard InChI is InChI=1S/C14H20FN3O/c1-18(9-11-4-2-3-7-19-11)13-6-5-10(14(16)17)8-12(13)15/h5-6,8,11H,2-4,7,9H2,1H3,(H3,16,17). The van der Waals surface area contributed by atoms with Crippen molar-refractivity contribution in [2.45, 2.75) is 25.4 Å². The Balaban J connectivity index is 2.05. The molecule has 5 heteroatoms. The van der Waals surface area contributed by atoms with Crippen molar-refractivity contribution < 1.29 is 9.13 Å². The quantitative estimate of drug-likeness (QED) is 0.647. The Bertz CT molecular complexity index is 458. The Hall–Kier alpha value is -1.62. The molecule has 1 aliphatic rings. The van der Waals surface area contributed by atoms with Gasteiger partial charge < -0.3 is 15.4 Å². The molecule has 0 aromatic heterocycles. The Morgan fingerprint density at radius 2 is 2.32 bits per heavy atom. The molecule has 0 amide bonds. The second-order valence-corrected chi connectivity index (χ2v) is 4.95. The van der Waals surface area contributed by atoms with Crippen molar-refractivity contribution >= 4 is 11.5 Å². The topological polar surface area (TPSA) is 62.3 Å². The number of nitrogens with zero attached hydrogens (tertiary/aromatic N) is 1. The number of hydrogen-bond donors (Lipinski definition) is 2. The molecule has 0 bridgehead atoms. The zero-order valence-electron chi connectivity index (χ0n) is 11.2. The molecule has 1 unspecified atom stereocenters. The lowest BCUT2D eigenvalue weighted by atomic mass is 10.1. The van der Waals surface area contributed by atoms with E-state index in [1.54, 1.807) is 12.1 Å². The number of rotatable bonds is 4. The van der Waals surface area contributed by atoms with E-state index in [2.05, 4.69) is 0 Å². The van der Waals surface area contributed by atoms with Crippen molar-refractivity contribution in [3.63, 3.8) is 0 Å². The summed E-state index contributed by atoms with van der Waals surface area (Å²) in [6, 6.07) is 4.63. The van der Waals surface area contributed by atoms with Crippen LogP contribution in [0.3, 0.4) is 0 Å². The number of halogens is 1. The molecular formula is C14H20FN3O. The predicted molar refractivity (Wildman–Crippen MR) is 74.3 cm³/mol. The number of nitrogens with one attached hydrogen (secondary N) is 1. The lowest BCUT2D eigenvalue weighted by molar-refractivity contribution is 0.0215. The van der Waals surface area contributed by atoms with Crippen molar-refractivity contribution in [3.05, 3.63) is 29.6 Å². The van der Waals surface area contributed by atoms with E-state index >= 15 is 0 Å². The molecule has 0 spiro atoms. The molecule has 1 heterocycles. The van der Waals surface area contributed by atoms with Gasteiger partial charge in [0.25, 0.3) is 0 Å². The van der Waals surface area contributed by atoms with Crippen LogP contribution in [-0.4, -0.2) is 32.1 Å². The number of amidine groups is 1. The first-order chi connectivity index (χ1) is 9.08. The maximum absolute atomic E-state index is 14.0. The summed E-state index contributed by atoms with van der Waals surface area (Å²) < 4.78 is 19.6. The second-order valence-electron chi connectivity index (χ2n) is 4.95. The van der Waals surface area contributed by atoms with E-state index in [-0.39, 0.29) is 17.8 Å². The van der Waals surface area contributed by atoms with E-state index < -0.39 is 0 Å². The van der Waals surface area contributed by atoms with Crippen LogP contribution >= 0.6 is 0 Å². The highest BCUT2D eigenvalue weighted by molar-refractivity contribution is 5.95. The van der Waals surface area contributed by atoms with Crippen LogP contribution in [0.15, 0.2) is 18.2 Å². The van der Waals surface area contributed by atoms with E-state index in [4.69, 9.17) is 15.9 Å². The summed E-state index contributed by atoms with van der Waals surface area (Å²) in [5.74, 6) is -0.477. The summed E-state index contributed by atoms with van der Waals surface area (Å²) in [4.78, 5) is 1.86. The molecule has 0 radical (unpaired) electrons. The lowest BCUT2D eigenvalue weighted by Crippen LogP contribution is -2.33. The minimum atomic E-state index is -0.356. The normalized spacial score (nSPS) is 19.2. The molecule has 0 aliphatic carbocycles. The Kier molecular flexibility index (Phi) is 4.37. The van der Waals surface area contributed by atoms with E-state index in [1.165, 1.54) is 12.5 Å². The first-order valence-corrected chi connectivity index (χ1v) is 6.54. The third-order valence-corrected chi connectivity index (χ3v) is 3.42. The van der Waals surface area contributed by atoms with Gasteiger partial charge in [-0.05, 0) is 37.5 Å². The maximum Gasteiger partial charge on any atom is 0.147 e. The van der Waals surface area contributed by atoms with E-state index in [1.807, 2.05) is 11.9 Å². The van der Waals surface area contributed by atoms with Gasteiger partial charge in [0, 0.05) is 25.8 Å². The third-order valence-electron chi connectivity index (χ3n) is 3.42. The van der Waals surface area contributed by atoms with E-state index in [0.717, 1.165) is 19.4 Å². The molecule has 2 rings (SSSR count). The zero-order valence-corrected chi connectivity index (χ0v) is 11.2. The van der Waals surface area contributed by atoms with Gasteiger partial charge in [0.1, 0.15) is 11.7 Å². The molecule has 1 aromatic rings. The largest absolute Gasteiger partial charge is 0.384 e. The Morgan fingerprint density at radius 1 is 1.53 bits per heavy atom. The third kappa shape index (κ3) is 3.44. The second kappa shape index (κ2) is 6.02. The van der Waals surface area contributed by atoms with Gasteiger partial charge in [-0.1, -0.05) is 0 Å². The lowest BCUT2D eigenvalue weighted by Gasteiger charge is -2.29. The smallest absolute Gasteiger partial charge is 0.147 e. The van der Waals surface area contributed by atoms with Crippen LogP contribution in [-0.2, 0) is 4.74 Å². The summed E-state index contributed by atoms with van der Waals surface area (Å²) >= 11 is 0. The number of hydrogen-bond acceptors (Lipinski definition) is 3. The van der Waals surface area contributed by atoms with Crippen molar-refractivity contribution in [1.29, 1.82) is 5.41 Å². The number of nitrogen functional groups attached to an aromatic ring is 1. The highest BCUT2D eigenvalue weighted by Gasteiger charge is 2.18. The van der Waals surface area contributed by atoms with Crippen molar-refractivity contribution in [1.82, 2.24) is 0 Å². The summed E-state index contributed by atoms with van der Waals surface area (Å²) in [6.45, 7) is 1.47. The fraction of sp³-hybridized carbons (Fsp3) is 0.500. The van der Waals surface area contributed by atoms with Crippen molar-refractivity contribution in [2.75, 3.05) is 25.1 Å². The molecule has 19 heavy (non-hydrogen) atoms. The number of nitrogens with two attached hydrogens (primary N) is 1. The molecule has 1 saturated heterocycles. The first kappa shape index (κ1) is 13.8. The van der Waals surface area contributed by atoms with Gasteiger partial charge in [-0.25, -0.2) is 4.39 Å². The minimum Gasteiger partial charge on any atom is -0.384 e. The van der Waals surface area contributed by atoms with Gasteiger partial charge >= 0.3 is 0 Å². The fourth-order valence-corrected chi connectivity index (χ4v) is 2.34. The van der Waals surface area contributed by atoms with Gasteiger partial charge in [0.2, 0.25) is 0 Å². The molecule has 1 aliphatic heterocycles. The fourth-order valence-electron chi connectivity index (χ4n) is 2.34. The zero-order chi connectivity index (χ0) is 13.8. The number of anilines is 1. The van der Waals surface area contributed by atoms with Crippen LogP contribution in [0.4, 0.5) is 10.1 Å². The summed E-state index contributed by atoms with van der Waals surface area (Å²) in [5, 5.41) is 7.29. The van der Waals surface area contributed by atoms with Crippen molar-refractivity contribution in [2.24, 2.45) is 5.73 Å². The average Bonchev–Trinajstić information content (AvgIpc) is 2.39. The summed E-state index contributed by atoms with van der Waals surface area (Å²) in [7, 11) is 1.85. The van der Waals surface area contributed by atoms with E-state index in [0.29, 0.717) is 17.8 Å². The van der Waals surface area contributed by atoms with Gasteiger partial charge in [-0.15, -0.1) is 0 Å². The molecule has 4 nitrogen and oxygen atoms in total. The predicted octanol–water partition coefficient (Wildman–Crippen LogP) is 2.12. The minimum absolute atomic E-state index is 0.122. The van der Waals surface area contributed by atoms with Crippen LogP contribution < -0.4 is 10.6 Å². The molecule has 1 atom stereocenters. The summed E-state index contributed by atoms with van der Waals surface area (Å²) in [5.41, 5.74) is 6.26. The van der Waals surface area contributed by atoms with Gasteiger partial charge in [-0.3, -0.25) is 5.41 Å². The summed E-state index contributed by atoms with van der Waals surface area (Å²) in [6.07, 6.45) is 3.48. The highest BCUT2D eigenvalue weighted by atomic mass is 19.1.